The van der Waals surface area contributed by atoms with Gasteiger partial charge in [0.05, 0.1) is 63.9 Å². The number of ether oxygens (including phenoxy) is 7. The fraction of sp³-hybridized carbons (Fsp3) is 0.584. The number of anilines is 2. The Bertz CT molecular complexity index is 4820. The van der Waals surface area contributed by atoms with E-state index in [0.717, 1.165) is 98.1 Å². The number of amides is 8. The van der Waals surface area contributed by atoms with E-state index in [1.165, 1.54) is 72.4 Å². The van der Waals surface area contributed by atoms with Crippen molar-refractivity contribution >= 4 is 109 Å². The van der Waals surface area contributed by atoms with E-state index in [1.54, 1.807) is 67.9 Å². The van der Waals surface area contributed by atoms with Gasteiger partial charge in [-0.05, 0) is 120 Å². The SMILES string of the molecule is C=C[C@@H]1C[C@]1(NC(=O)[C@@H]1C[C@@H](Oc2cc(-c3csc(NC4CCCC4)n3)nc3cc(OC)ccc23)CN1C(=O)OC(C)(C)C)C(=O)OC.C=C[C@@H]1C[C@]1(NC(=O)[C@@H]1C[C@@H](Oc2cc(-c3csc(NC4CCCC4)n3)nc3cc(OC)ccc23)CN1C(=O)[C@@H](NC(=O)NC1CCCC1)C(C)(C)C)C(=O)OC.CC(C)(C)[C@H](NC(=O)NC1CCCC1)C(=O)O. The molecule has 4 aromatic heterocycles. The van der Waals surface area contributed by atoms with Gasteiger partial charge < -0.3 is 85.7 Å². The predicted octanol–water partition coefficient (Wildman–Crippen LogP) is 13.4. The number of carbonyl (C=O) groups is 9. The standard InChI is InChI=1S/C42H55N7O7S.C35H43N5O7S.C12H22N2O3/c1-7-24-21-42(24,38(52)55-6)48-36(50)33-19-28(22-49(33)37(51)35(41(2,3)4)47-39(53)43-25-12-8-9-13-25)56-34-20-31(45-30-18-27(54-5)16-17-29(30)34)32-23-57-40(46-32)44-26-14-10-11-15-26;1-7-20-17-35(20,31(42)45-6)39-30(41)28-15-23(18-40(28)33(43)47-34(2,3)4)46-29-16-26(37-25-14-22(44-5)12-13-24(25)29)27-19-48-32(38-27)36-21-10-8-9-11-21;1-12(2,3)9(10(15)16)14-11(17)13-8-6-4-5-7-8/h7,16-18,20,23-26,28,33,35H,1,8-15,19,21-22H2,2-6H3,(H,44,46)(H,48,50)(H2,43,47,53);7,12-14,16,19-21,23,28H,1,8-11,15,17-18H2,2-6H3,(H,36,38)(H,39,41);8-9H,4-7H2,1-3H3,(H,15,16)(H2,13,14,17)/t24-,28-,33+,35-,42-;20-,23-,28+,35-;9-/m111/s1. The average molecular weight is 1720 g/mol. The van der Waals surface area contributed by atoms with Gasteiger partial charge in [-0.1, -0.05) is 105 Å². The molecule has 10 atom stereocenters. The molecule has 8 amide bonds. The van der Waals surface area contributed by atoms with E-state index in [9.17, 15) is 43.2 Å². The molecule has 122 heavy (non-hydrogen) atoms. The summed E-state index contributed by atoms with van der Waals surface area (Å²) in [5.74, 6) is -1.81. The van der Waals surface area contributed by atoms with Crippen molar-refractivity contribution in [2.45, 2.75) is 268 Å². The summed E-state index contributed by atoms with van der Waals surface area (Å²) in [4.78, 5) is 140. The zero-order valence-corrected chi connectivity index (χ0v) is 73.9. The Hall–Kier alpha value is -10.6. The van der Waals surface area contributed by atoms with E-state index in [-0.39, 0.29) is 55.9 Å². The minimum absolute atomic E-state index is 0.0486. The van der Waals surface area contributed by atoms with E-state index < -0.39 is 112 Å². The first-order valence-corrected chi connectivity index (χ1v) is 44.3. The van der Waals surface area contributed by atoms with Crippen molar-refractivity contribution < 1.29 is 81.4 Å². The van der Waals surface area contributed by atoms with Crippen LogP contribution in [-0.2, 0) is 43.0 Å². The molecular weight excluding hydrogens is 1600 g/mol. The van der Waals surface area contributed by atoms with Crippen LogP contribution in [0, 0.1) is 22.7 Å². The van der Waals surface area contributed by atoms with E-state index >= 15 is 0 Å². The number of aliphatic carboxylic acids is 1. The molecule has 6 aromatic rings. The Labute approximate surface area is 720 Å². The fourth-order valence-electron chi connectivity index (χ4n) is 17.2. The van der Waals surface area contributed by atoms with Crippen LogP contribution < -0.4 is 61.5 Å². The molecule has 8 aliphatic rings. The van der Waals surface area contributed by atoms with E-state index in [4.69, 9.17) is 58.2 Å². The van der Waals surface area contributed by atoms with Gasteiger partial charge in [-0.15, -0.1) is 35.8 Å². The highest BCUT2D eigenvalue weighted by Crippen LogP contribution is 2.48. The molecule has 660 valence electrons. The molecule has 33 heteroatoms. The van der Waals surface area contributed by atoms with Gasteiger partial charge in [-0.3, -0.25) is 19.3 Å². The first-order chi connectivity index (χ1) is 58.0. The second-order valence-electron chi connectivity index (χ2n) is 36.3. The lowest BCUT2D eigenvalue weighted by molar-refractivity contribution is -0.148. The van der Waals surface area contributed by atoms with Gasteiger partial charge in [-0.25, -0.2) is 48.7 Å². The van der Waals surface area contributed by atoms with Crippen LogP contribution in [0.25, 0.3) is 44.6 Å². The van der Waals surface area contributed by atoms with Crippen LogP contribution in [-0.4, -0.2) is 207 Å². The molecule has 6 saturated carbocycles. The number of methoxy groups -OCH3 is 4. The van der Waals surface area contributed by atoms with Crippen LogP contribution in [0.15, 0.2) is 84.6 Å². The Kier molecular flexibility index (Phi) is 28.6. The second kappa shape index (κ2) is 38.5. The highest BCUT2D eigenvalue weighted by molar-refractivity contribution is 7.14. The van der Waals surface area contributed by atoms with Gasteiger partial charge in [0.25, 0.3) is 0 Å². The third kappa shape index (κ3) is 21.9. The van der Waals surface area contributed by atoms with Crippen LogP contribution in [0.2, 0.25) is 0 Å². The number of rotatable bonds is 26. The van der Waals surface area contributed by atoms with Crippen LogP contribution >= 0.6 is 22.7 Å². The van der Waals surface area contributed by atoms with Gasteiger partial charge in [-0.2, -0.15) is 0 Å². The van der Waals surface area contributed by atoms with Gasteiger partial charge >= 0.3 is 36.1 Å². The van der Waals surface area contributed by atoms with Crippen LogP contribution in [0.5, 0.6) is 23.0 Å². The largest absolute Gasteiger partial charge is 0.497 e. The summed E-state index contributed by atoms with van der Waals surface area (Å²) in [6.45, 7) is 24.1. The highest BCUT2D eigenvalue weighted by atomic mass is 32.1. The molecule has 0 bridgehead atoms. The van der Waals surface area contributed by atoms with Gasteiger partial charge in [0, 0.05) is 94.6 Å². The number of benzene rings is 2. The molecule has 6 heterocycles. The van der Waals surface area contributed by atoms with Crippen molar-refractivity contribution in [2.24, 2.45) is 22.7 Å². The molecular formula is C89H120N14O17S2. The van der Waals surface area contributed by atoms with Crippen LogP contribution in [0.3, 0.4) is 0 Å². The quantitative estimate of drug-likeness (QED) is 0.0138. The van der Waals surface area contributed by atoms with Crippen molar-refractivity contribution in [2.75, 3.05) is 52.2 Å². The molecule has 0 radical (unpaired) electrons. The zero-order valence-electron chi connectivity index (χ0n) is 72.3. The minimum atomic E-state index is -1.27. The molecule has 6 aliphatic carbocycles. The maximum absolute atomic E-state index is 14.7. The summed E-state index contributed by atoms with van der Waals surface area (Å²) in [6, 6.07) is 11.3. The number of fused-ring (bicyclic) bond motifs is 2. The Morgan fingerprint density at radius 1 is 0.516 bits per heavy atom. The Morgan fingerprint density at radius 3 is 1.26 bits per heavy atom. The van der Waals surface area contributed by atoms with Gasteiger partial charge in [0.15, 0.2) is 10.3 Å². The maximum Gasteiger partial charge on any atom is 0.411 e. The third-order valence-electron chi connectivity index (χ3n) is 24.0. The summed E-state index contributed by atoms with van der Waals surface area (Å²) in [7, 11) is 5.76. The normalized spacial score (nSPS) is 23.3. The fourth-order valence-corrected chi connectivity index (χ4v) is 18.7. The number of urea groups is 2. The number of likely N-dealkylation sites (tertiary alicyclic amines) is 2. The lowest BCUT2D eigenvalue weighted by Crippen LogP contribution is -2.60. The molecule has 14 rings (SSSR count). The van der Waals surface area contributed by atoms with Crippen molar-refractivity contribution in [3.8, 4) is 45.8 Å². The molecule has 2 saturated heterocycles. The molecule has 2 aliphatic heterocycles. The molecule has 0 unspecified atom stereocenters. The summed E-state index contributed by atoms with van der Waals surface area (Å²) in [5.41, 5.74) is -0.548. The van der Waals surface area contributed by atoms with E-state index in [2.05, 4.69) is 55.7 Å². The topological polar surface area (TPSA) is 393 Å². The number of hydrogen-bond donors (Lipinski definition) is 9. The first kappa shape index (κ1) is 90.7. The third-order valence-corrected chi connectivity index (χ3v) is 25.6. The molecule has 2 aromatic carbocycles. The average Bonchev–Trinajstić information content (AvgIpc) is 1.58. The summed E-state index contributed by atoms with van der Waals surface area (Å²) < 4.78 is 40.2. The monoisotopic (exact) mass is 1720 g/mol. The summed E-state index contributed by atoms with van der Waals surface area (Å²) >= 11 is 3.07. The highest BCUT2D eigenvalue weighted by Gasteiger charge is 2.63. The Morgan fingerprint density at radius 2 is 0.902 bits per heavy atom. The van der Waals surface area contributed by atoms with Gasteiger partial charge in [0.2, 0.25) is 17.7 Å². The number of carboxylic acid groups (broad SMARTS) is 1. The number of esters is 2. The number of carbonyl (C=O) groups excluding carboxylic acids is 8. The maximum atomic E-state index is 14.7. The summed E-state index contributed by atoms with van der Waals surface area (Å²) in [5, 5.41) is 40.4. The number of pyridine rings is 2. The number of nitrogens with zero attached hydrogens (tertiary/aromatic N) is 6. The molecule has 8 fully saturated rings. The second-order valence-corrected chi connectivity index (χ2v) is 38.1. The van der Waals surface area contributed by atoms with Crippen LogP contribution in [0.1, 0.15) is 191 Å². The molecule has 0 spiro atoms. The predicted molar refractivity (Wildman–Crippen MR) is 465 cm³/mol. The van der Waals surface area contributed by atoms with Crippen molar-refractivity contribution in [3.63, 3.8) is 0 Å². The van der Waals surface area contributed by atoms with E-state index in [0.29, 0.717) is 81.7 Å². The number of aromatic nitrogens is 4. The number of carboxylic acids is 1. The Balaban J connectivity index is 0.000000189. The number of nitrogens with one attached hydrogen (secondary N) is 8. The lowest BCUT2D eigenvalue weighted by atomic mass is 9.85. The molecule has 31 nitrogen and oxygen atoms in total. The summed E-state index contributed by atoms with van der Waals surface area (Å²) in [6.07, 6.45) is 19.9. The van der Waals surface area contributed by atoms with Crippen molar-refractivity contribution in [3.05, 3.63) is 84.6 Å². The van der Waals surface area contributed by atoms with Gasteiger partial charge in [0.1, 0.15) is 87.4 Å². The first-order valence-electron chi connectivity index (χ1n) is 42.5. The lowest BCUT2D eigenvalue weighted by Gasteiger charge is -2.35. The minimum Gasteiger partial charge on any atom is -0.497 e. The van der Waals surface area contributed by atoms with Crippen molar-refractivity contribution in [1.82, 2.24) is 61.6 Å². The molecule has 9 N–H and O–H groups in total. The van der Waals surface area contributed by atoms with Crippen LogP contribution in [0.4, 0.5) is 24.6 Å². The number of hydrogen-bond acceptors (Lipinski definition) is 24. The van der Waals surface area contributed by atoms with E-state index in [1.807, 2.05) is 80.1 Å². The smallest absolute Gasteiger partial charge is 0.411 e. The number of thiazole rings is 2. The zero-order chi connectivity index (χ0) is 87.8. The van der Waals surface area contributed by atoms with Crippen molar-refractivity contribution in [1.29, 1.82) is 0 Å².